The summed E-state index contributed by atoms with van der Waals surface area (Å²) < 4.78 is 14.6. The molecule has 1 aromatic heterocycles. The third-order valence-corrected chi connectivity index (χ3v) is 4.88. The van der Waals surface area contributed by atoms with E-state index in [0.717, 1.165) is 23.4 Å². The molecule has 7 nitrogen and oxygen atoms in total. The highest BCUT2D eigenvalue weighted by Gasteiger charge is 2.34. The van der Waals surface area contributed by atoms with Gasteiger partial charge in [-0.1, -0.05) is 20.8 Å². The van der Waals surface area contributed by atoms with Gasteiger partial charge >= 0.3 is 6.03 Å². The van der Waals surface area contributed by atoms with Crippen LogP contribution in [-0.2, 0) is 17.8 Å². The van der Waals surface area contributed by atoms with E-state index < -0.39 is 17.5 Å². The molecule has 0 radical (unpaired) electrons. The molecule has 1 aliphatic heterocycles. The van der Waals surface area contributed by atoms with Gasteiger partial charge in [0.05, 0.1) is 11.4 Å². The van der Waals surface area contributed by atoms with Gasteiger partial charge in [0, 0.05) is 37.7 Å². The molecule has 150 valence electrons. The SMILES string of the molecule is CNC(=O)C(NC(=O)n1nc(-c2ccc(F)cc2)c2c1CCNC2)C(C)(C)C. The monoisotopic (exact) mass is 387 g/mol. The lowest BCUT2D eigenvalue weighted by molar-refractivity contribution is -0.124. The number of amides is 2. The van der Waals surface area contributed by atoms with Gasteiger partial charge < -0.3 is 16.0 Å². The molecule has 3 N–H and O–H groups in total. The Morgan fingerprint density at radius 3 is 2.54 bits per heavy atom. The van der Waals surface area contributed by atoms with Crippen LogP contribution in [0.5, 0.6) is 0 Å². The number of halogens is 1. The molecule has 0 spiro atoms. The Morgan fingerprint density at radius 2 is 1.93 bits per heavy atom. The molecular formula is C20H26FN5O2. The molecule has 2 amide bonds. The Morgan fingerprint density at radius 1 is 1.25 bits per heavy atom. The standard InChI is InChI=1S/C20H26FN5O2/c1-20(2,3)17(18(27)22-4)24-19(28)26-15-9-10-23-11-14(15)16(25-26)12-5-7-13(21)8-6-12/h5-8,17,23H,9-11H2,1-4H3,(H,22,27)(H,24,28). The van der Waals surface area contributed by atoms with Crippen LogP contribution < -0.4 is 16.0 Å². The summed E-state index contributed by atoms with van der Waals surface area (Å²) >= 11 is 0. The van der Waals surface area contributed by atoms with E-state index in [1.54, 1.807) is 19.2 Å². The Bertz CT molecular complexity index is 883. The van der Waals surface area contributed by atoms with Crippen LogP contribution in [0.25, 0.3) is 11.3 Å². The number of aromatic nitrogens is 2. The number of fused-ring (bicyclic) bond motifs is 1. The highest BCUT2D eigenvalue weighted by molar-refractivity contribution is 5.88. The lowest BCUT2D eigenvalue weighted by Gasteiger charge is -2.29. The van der Waals surface area contributed by atoms with E-state index in [4.69, 9.17) is 0 Å². The number of nitrogens with one attached hydrogen (secondary N) is 3. The minimum absolute atomic E-state index is 0.262. The summed E-state index contributed by atoms with van der Waals surface area (Å²) in [6, 6.07) is 4.89. The average molecular weight is 387 g/mol. The molecule has 2 heterocycles. The van der Waals surface area contributed by atoms with Gasteiger partial charge in [0.2, 0.25) is 5.91 Å². The number of benzene rings is 1. The zero-order valence-electron chi connectivity index (χ0n) is 16.6. The van der Waals surface area contributed by atoms with Crippen LogP contribution in [0.4, 0.5) is 9.18 Å². The van der Waals surface area contributed by atoms with E-state index in [1.165, 1.54) is 16.8 Å². The Labute approximate surface area is 163 Å². The Balaban J connectivity index is 1.98. The van der Waals surface area contributed by atoms with Crippen LogP contribution in [0.1, 0.15) is 32.0 Å². The maximum absolute atomic E-state index is 13.3. The third-order valence-electron chi connectivity index (χ3n) is 4.88. The fraction of sp³-hybridized carbons (Fsp3) is 0.450. The third kappa shape index (κ3) is 3.91. The number of hydrogen-bond acceptors (Lipinski definition) is 4. The van der Waals surface area contributed by atoms with Crippen molar-refractivity contribution in [2.45, 2.75) is 39.8 Å². The largest absolute Gasteiger partial charge is 0.357 e. The van der Waals surface area contributed by atoms with Crippen molar-refractivity contribution >= 4 is 11.9 Å². The molecule has 2 aromatic rings. The van der Waals surface area contributed by atoms with Gasteiger partial charge in [-0.15, -0.1) is 0 Å². The first-order valence-corrected chi connectivity index (χ1v) is 9.32. The normalized spacial score (nSPS) is 14.9. The number of carbonyl (C=O) groups excluding carboxylic acids is 2. The summed E-state index contributed by atoms with van der Waals surface area (Å²) in [7, 11) is 1.54. The molecule has 0 bridgehead atoms. The van der Waals surface area contributed by atoms with Gasteiger partial charge in [-0.25, -0.2) is 9.18 Å². The predicted octanol–water partition coefficient (Wildman–Crippen LogP) is 2.05. The topological polar surface area (TPSA) is 88.1 Å². The highest BCUT2D eigenvalue weighted by atomic mass is 19.1. The number of rotatable bonds is 3. The predicted molar refractivity (Wildman–Crippen MR) is 104 cm³/mol. The van der Waals surface area contributed by atoms with Crippen LogP contribution >= 0.6 is 0 Å². The van der Waals surface area contributed by atoms with Crippen molar-refractivity contribution < 1.29 is 14.0 Å². The van der Waals surface area contributed by atoms with Crippen molar-refractivity contribution in [3.63, 3.8) is 0 Å². The second-order valence-corrected chi connectivity index (χ2v) is 7.98. The fourth-order valence-electron chi connectivity index (χ4n) is 3.36. The lowest BCUT2D eigenvalue weighted by Crippen LogP contribution is -2.54. The molecule has 1 aromatic carbocycles. The molecule has 1 aliphatic rings. The van der Waals surface area contributed by atoms with Gasteiger partial charge in [-0.05, 0) is 29.7 Å². The minimum atomic E-state index is -0.708. The van der Waals surface area contributed by atoms with Crippen LogP contribution in [0.15, 0.2) is 24.3 Å². The van der Waals surface area contributed by atoms with Crippen molar-refractivity contribution in [1.82, 2.24) is 25.7 Å². The first kappa shape index (κ1) is 20.0. The van der Waals surface area contributed by atoms with E-state index >= 15 is 0 Å². The summed E-state index contributed by atoms with van der Waals surface area (Å²) in [5.74, 6) is -0.589. The van der Waals surface area contributed by atoms with Gasteiger partial charge in [-0.2, -0.15) is 9.78 Å². The van der Waals surface area contributed by atoms with Crippen molar-refractivity contribution in [3.05, 3.63) is 41.3 Å². The van der Waals surface area contributed by atoms with Crippen molar-refractivity contribution in [1.29, 1.82) is 0 Å². The first-order valence-electron chi connectivity index (χ1n) is 9.32. The molecule has 0 saturated carbocycles. The smallest absolute Gasteiger partial charge is 0.343 e. The molecular weight excluding hydrogens is 361 g/mol. The second-order valence-electron chi connectivity index (χ2n) is 7.98. The first-order chi connectivity index (χ1) is 13.2. The second kappa shape index (κ2) is 7.71. The van der Waals surface area contributed by atoms with E-state index in [9.17, 15) is 14.0 Å². The zero-order chi connectivity index (χ0) is 20.5. The quantitative estimate of drug-likeness (QED) is 0.752. The van der Waals surface area contributed by atoms with E-state index in [2.05, 4.69) is 21.0 Å². The van der Waals surface area contributed by atoms with Crippen molar-refractivity contribution in [2.75, 3.05) is 13.6 Å². The summed E-state index contributed by atoms with van der Waals surface area (Å²) in [5.41, 5.74) is 2.64. The van der Waals surface area contributed by atoms with Crippen molar-refractivity contribution in [3.8, 4) is 11.3 Å². The summed E-state index contributed by atoms with van der Waals surface area (Å²) in [6.45, 7) is 6.97. The van der Waals surface area contributed by atoms with Crippen LogP contribution in [-0.4, -0.2) is 41.4 Å². The average Bonchev–Trinajstić information content (AvgIpc) is 3.05. The maximum Gasteiger partial charge on any atom is 0.343 e. The number of hydrogen-bond donors (Lipinski definition) is 3. The highest BCUT2D eigenvalue weighted by Crippen LogP contribution is 2.28. The van der Waals surface area contributed by atoms with Gasteiger partial charge in [-0.3, -0.25) is 4.79 Å². The molecule has 28 heavy (non-hydrogen) atoms. The molecule has 1 atom stereocenters. The zero-order valence-corrected chi connectivity index (χ0v) is 16.6. The molecule has 0 fully saturated rings. The van der Waals surface area contributed by atoms with E-state index in [-0.39, 0.29) is 11.7 Å². The lowest BCUT2D eigenvalue weighted by atomic mass is 9.86. The summed E-state index contributed by atoms with van der Waals surface area (Å²) in [6.07, 6.45) is 0.636. The Kier molecular flexibility index (Phi) is 5.51. The minimum Gasteiger partial charge on any atom is -0.357 e. The molecule has 0 saturated heterocycles. The summed E-state index contributed by atoms with van der Waals surface area (Å²) in [4.78, 5) is 25.3. The fourth-order valence-corrected chi connectivity index (χ4v) is 3.36. The van der Waals surface area contributed by atoms with Gasteiger partial charge in [0.25, 0.3) is 0 Å². The number of nitrogens with zero attached hydrogens (tertiary/aromatic N) is 2. The van der Waals surface area contributed by atoms with Crippen molar-refractivity contribution in [2.24, 2.45) is 5.41 Å². The molecule has 0 aliphatic carbocycles. The number of likely N-dealkylation sites (N-methyl/N-ethyl adjacent to an activating group) is 1. The van der Waals surface area contributed by atoms with Gasteiger partial charge in [0.1, 0.15) is 11.9 Å². The van der Waals surface area contributed by atoms with E-state index in [1.807, 2.05) is 20.8 Å². The molecule has 3 rings (SSSR count). The Hall–Kier alpha value is -2.74. The molecule has 8 heteroatoms. The molecule has 1 unspecified atom stereocenters. The number of carbonyl (C=O) groups is 2. The maximum atomic E-state index is 13.3. The van der Waals surface area contributed by atoms with Crippen LogP contribution in [0.3, 0.4) is 0 Å². The summed E-state index contributed by atoms with van der Waals surface area (Å²) in [5, 5.41) is 13.2. The van der Waals surface area contributed by atoms with Crippen LogP contribution in [0.2, 0.25) is 0 Å². The van der Waals surface area contributed by atoms with Gasteiger partial charge in [0.15, 0.2) is 0 Å². The van der Waals surface area contributed by atoms with Crippen LogP contribution in [0, 0.1) is 11.2 Å². The van der Waals surface area contributed by atoms with E-state index in [0.29, 0.717) is 18.7 Å².